The van der Waals surface area contributed by atoms with Crippen LogP contribution in [0.1, 0.15) is 19.8 Å². The first-order valence-electron chi connectivity index (χ1n) is 7.08. The van der Waals surface area contributed by atoms with E-state index in [1.54, 1.807) is 12.1 Å². The zero-order chi connectivity index (χ0) is 14.6. The van der Waals surface area contributed by atoms with Gasteiger partial charge in [-0.2, -0.15) is 0 Å². The third-order valence-electron chi connectivity index (χ3n) is 2.71. The number of nitrogens with one attached hydrogen (secondary N) is 1. The lowest BCUT2D eigenvalue weighted by atomic mass is 10.3. The first kappa shape index (κ1) is 17.2. The summed E-state index contributed by atoms with van der Waals surface area (Å²) in [6.07, 6.45) is 1.67. The van der Waals surface area contributed by atoms with Crippen LogP contribution in [0.15, 0.2) is 24.3 Å². The van der Waals surface area contributed by atoms with E-state index in [1.165, 1.54) is 0 Å². The maximum absolute atomic E-state index is 9.77. The molecule has 0 bridgehead atoms. The first-order chi connectivity index (χ1) is 9.74. The molecule has 1 atom stereocenters. The van der Waals surface area contributed by atoms with E-state index in [0.717, 1.165) is 26.0 Å². The van der Waals surface area contributed by atoms with E-state index in [-0.39, 0.29) is 6.61 Å². The molecule has 0 spiro atoms. The van der Waals surface area contributed by atoms with Crippen molar-refractivity contribution in [3.8, 4) is 5.75 Å². The highest BCUT2D eigenvalue weighted by Gasteiger charge is 2.06. The van der Waals surface area contributed by atoms with Gasteiger partial charge in [-0.3, -0.25) is 0 Å². The number of rotatable bonds is 11. The van der Waals surface area contributed by atoms with Gasteiger partial charge in [-0.25, -0.2) is 0 Å². The Kier molecular flexibility index (Phi) is 9.41. The highest BCUT2D eigenvalue weighted by atomic mass is 35.5. The molecule has 0 aliphatic rings. The average Bonchev–Trinajstić information content (AvgIpc) is 2.45. The van der Waals surface area contributed by atoms with E-state index < -0.39 is 6.10 Å². The molecule has 0 aliphatic carbocycles. The quantitative estimate of drug-likeness (QED) is 0.617. The largest absolute Gasteiger partial charge is 0.489 e. The van der Waals surface area contributed by atoms with Crippen LogP contribution < -0.4 is 10.1 Å². The summed E-state index contributed by atoms with van der Waals surface area (Å²) < 4.78 is 10.9. The zero-order valence-electron chi connectivity index (χ0n) is 12.0. The number of para-hydroxylation sites is 1. The third-order valence-corrected chi connectivity index (χ3v) is 3.03. The number of halogens is 1. The molecule has 0 amide bonds. The molecular weight excluding hydrogens is 278 g/mol. The minimum atomic E-state index is -0.568. The fourth-order valence-electron chi connectivity index (χ4n) is 1.57. The Labute approximate surface area is 126 Å². The van der Waals surface area contributed by atoms with Crippen LogP contribution in [-0.4, -0.2) is 44.1 Å². The summed E-state index contributed by atoms with van der Waals surface area (Å²) in [5.41, 5.74) is 0. The molecule has 0 fully saturated rings. The summed E-state index contributed by atoms with van der Waals surface area (Å²) in [7, 11) is 0. The van der Waals surface area contributed by atoms with Crippen LogP contribution in [0.5, 0.6) is 5.75 Å². The smallest absolute Gasteiger partial charge is 0.138 e. The summed E-state index contributed by atoms with van der Waals surface area (Å²) in [6.45, 7) is 5.02. The van der Waals surface area contributed by atoms with Gasteiger partial charge in [-0.05, 0) is 18.6 Å². The fourth-order valence-corrected chi connectivity index (χ4v) is 1.76. The Morgan fingerprint density at radius 2 is 2.10 bits per heavy atom. The minimum Gasteiger partial charge on any atom is -0.489 e. The molecule has 0 saturated carbocycles. The number of ether oxygens (including phenoxy) is 2. The van der Waals surface area contributed by atoms with Crippen LogP contribution in [0.4, 0.5) is 0 Å². The molecule has 0 radical (unpaired) electrons. The standard InChI is InChI=1S/C15H24ClNO3/c1-2-3-9-19-10-8-17-11-13(18)12-20-15-7-5-4-6-14(15)16/h4-7,13,17-18H,2-3,8-12H2,1H3. The molecule has 2 N–H and O–H groups in total. The fraction of sp³-hybridized carbons (Fsp3) is 0.600. The second-order valence-electron chi connectivity index (χ2n) is 4.57. The lowest BCUT2D eigenvalue weighted by molar-refractivity contribution is 0.0982. The van der Waals surface area contributed by atoms with Crippen LogP contribution in [0, 0.1) is 0 Å². The predicted octanol–water partition coefficient (Wildman–Crippen LogP) is 2.49. The summed E-state index contributed by atoms with van der Waals surface area (Å²) in [5, 5.41) is 13.4. The molecule has 1 unspecified atom stereocenters. The molecular formula is C15H24ClNO3. The van der Waals surface area contributed by atoms with Crippen molar-refractivity contribution >= 4 is 11.6 Å². The number of aliphatic hydroxyl groups excluding tert-OH is 1. The van der Waals surface area contributed by atoms with E-state index in [1.807, 2.05) is 12.1 Å². The normalized spacial score (nSPS) is 12.3. The Morgan fingerprint density at radius 3 is 2.85 bits per heavy atom. The molecule has 4 nitrogen and oxygen atoms in total. The Hall–Kier alpha value is -0.810. The van der Waals surface area contributed by atoms with Crippen LogP contribution >= 0.6 is 11.6 Å². The van der Waals surface area contributed by atoms with E-state index in [0.29, 0.717) is 23.9 Å². The highest BCUT2D eigenvalue weighted by Crippen LogP contribution is 2.22. The molecule has 0 aliphatic heterocycles. The van der Waals surface area contributed by atoms with Crippen LogP contribution in [0.25, 0.3) is 0 Å². The van der Waals surface area contributed by atoms with Gasteiger partial charge in [0.15, 0.2) is 0 Å². The van der Waals surface area contributed by atoms with Gasteiger partial charge in [-0.1, -0.05) is 37.1 Å². The van der Waals surface area contributed by atoms with Gasteiger partial charge in [0.25, 0.3) is 0 Å². The number of unbranched alkanes of at least 4 members (excludes halogenated alkanes) is 1. The number of aliphatic hydroxyl groups is 1. The molecule has 114 valence electrons. The molecule has 0 saturated heterocycles. The molecule has 1 rings (SSSR count). The maximum atomic E-state index is 9.77. The summed E-state index contributed by atoms with van der Waals surface area (Å²) in [5.74, 6) is 0.594. The number of hydrogen-bond acceptors (Lipinski definition) is 4. The van der Waals surface area contributed by atoms with Crippen molar-refractivity contribution < 1.29 is 14.6 Å². The zero-order valence-corrected chi connectivity index (χ0v) is 12.7. The lowest BCUT2D eigenvalue weighted by Gasteiger charge is -2.14. The van der Waals surface area contributed by atoms with Crippen LogP contribution in [-0.2, 0) is 4.74 Å². The molecule has 0 heterocycles. The molecule has 0 aromatic heterocycles. The second-order valence-corrected chi connectivity index (χ2v) is 4.97. The van der Waals surface area contributed by atoms with Crippen molar-refractivity contribution in [1.82, 2.24) is 5.32 Å². The summed E-state index contributed by atoms with van der Waals surface area (Å²) >= 11 is 5.96. The van der Waals surface area contributed by atoms with Crippen LogP contribution in [0.3, 0.4) is 0 Å². The second kappa shape index (κ2) is 10.9. The maximum Gasteiger partial charge on any atom is 0.138 e. The highest BCUT2D eigenvalue weighted by molar-refractivity contribution is 6.32. The summed E-state index contributed by atoms with van der Waals surface area (Å²) in [4.78, 5) is 0. The van der Waals surface area contributed by atoms with Gasteiger partial charge in [0.1, 0.15) is 18.5 Å². The van der Waals surface area contributed by atoms with E-state index in [9.17, 15) is 5.11 Å². The Morgan fingerprint density at radius 1 is 1.30 bits per heavy atom. The van der Waals surface area contributed by atoms with Crippen molar-refractivity contribution in [2.75, 3.05) is 32.9 Å². The third kappa shape index (κ3) is 7.70. The van der Waals surface area contributed by atoms with Gasteiger partial charge in [0.05, 0.1) is 11.6 Å². The van der Waals surface area contributed by atoms with Crippen molar-refractivity contribution in [3.63, 3.8) is 0 Å². The SMILES string of the molecule is CCCCOCCNCC(O)COc1ccccc1Cl. The van der Waals surface area contributed by atoms with Crippen LogP contribution in [0.2, 0.25) is 5.02 Å². The summed E-state index contributed by atoms with van der Waals surface area (Å²) in [6, 6.07) is 7.23. The minimum absolute atomic E-state index is 0.216. The molecule has 1 aromatic rings. The van der Waals surface area contributed by atoms with Crippen molar-refractivity contribution in [2.24, 2.45) is 0 Å². The number of hydrogen-bond donors (Lipinski definition) is 2. The van der Waals surface area contributed by atoms with Gasteiger partial charge in [0, 0.05) is 19.7 Å². The van der Waals surface area contributed by atoms with E-state index >= 15 is 0 Å². The predicted molar refractivity (Wildman–Crippen MR) is 81.6 cm³/mol. The van der Waals surface area contributed by atoms with Crippen molar-refractivity contribution in [1.29, 1.82) is 0 Å². The van der Waals surface area contributed by atoms with E-state index in [2.05, 4.69) is 12.2 Å². The van der Waals surface area contributed by atoms with Gasteiger partial charge >= 0.3 is 0 Å². The molecule has 20 heavy (non-hydrogen) atoms. The van der Waals surface area contributed by atoms with E-state index in [4.69, 9.17) is 21.1 Å². The number of benzene rings is 1. The molecule has 1 aromatic carbocycles. The molecule has 5 heteroatoms. The average molecular weight is 302 g/mol. The first-order valence-corrected chi connectivity index (χ1v) is 7.45. The monoisotopic (exact) mass is 301 g/mol. The van der Waals surface area contributed by atoms with Crippen molar-refractivity contribution in [2.45, 2.75) is 25.9 Å². The topological polar surface area (TPSA) is 50.7 Å². The Bertz CT molecular complexity index is 363. The van der Waals surface area contributed by atoms with Gasteiger partial charge in [-0.15, -0.1) is 0 Å². The van der Waals surface area contributed by atoms with Gasteiger partial charge in [0.2, 0.25) is 0 Å². The lowest BCUT2D eigenvalue weighted by Crippen LogP contribution is -2.33. The van der Waals surface area contributed by atoms with Crippen molar-refractivity contribution in [3.05, 3.63) is 29.3 Å². The Balaban J connectivity index is 2.03. The van der Waals surface area contributed by atoms with Gasteiger partial charge < -0.3 is 19.9 Å².